The molecule has 2 aromatic rings. The second-order valence-corrected chi connectivity index (χ2v) is 6.16. The van der Waals surface area contributed by atoms with Crippen LogP contribution >= 0.6 is 15.9 Å². The van der Waals surface area contributed by atoms with Crippen molar-refractivity contribution in [2.24, 2.45) is 0 Å². The Morgan fingerprint density at radius 1 is 0.950 bits per heavy atom. The van der Waals surface area contributed by atoms with Crippen LogP contribution in [0, 0.1) is 30.0 Å². The molecule has 0 unspecified atom stereocenters. The Hall–Kier alpha value is -0.860. The van der Waals surface area contributed by atoms with Gasteiger partial charge in [-0.25, -0.2) is 0 Å². The molecule has 1 saturated carbocycles. The number of hydrogen-bond acceptors (Lipinski definition) is 1. The van der Waals surface area contributed by atoms with Crippen LogP contribution in [0.3, 0.4) is 0 Å². The van der Waals surface area contributed by atoms with Gasteiger partial charge >= 0.3 is 0 Å². The van der Waals surface area contributed by atoms with E-state index in [1.165, 1.54) is 27.1 Å². The summed E-state index contributed by atoms with van der Waals surface area (Å²) in [6, 6.07) is 15.5. The third-order valence-electron chi connectivity index (χ3n) is 3.69. The van der Waals surface area contributed by atoms with Gasteiger partial charge in [0, 0.05) is 12.0 Å². The summed E-state index contributed by atoms with van der Waals surface area (Å²) in [4.78, 5) is 3.42. The molecular formula is C18H17BrN. The molecule has 2 heteroatoms. The van der Waals surface area contributed by atoms with Gasteiger partial charge in [-0.05, 0) is 55.8 Å². The van der Waals surface area contributed by atoms with Crippen LogP contribution in [0.15, 0.2) is 42.5 Å². The molecular weight excluding hydrogens is 310 g/mol. The topological polar surface area (TPSA) is 3.24 Å². The Morgan fingerprint density at radius 3 is 2.35 bits per heavy atom. The number of fused-ring (bicyclic) bond motifs is 1. The van der Waals surface area contributed by atoms with E-state index < -0.39 is 0 Å². The Morgan fingerprint density at radius 2 is 1.70 bits per heavy atom. The van der Waals surface area contributed by atoms with Crippen LogP contribution in [0.4, 0.5) is 0 Å². The zero-order valence-corrected chi connectivity index (χ0v) is 13.3. The van der Waals surface area contributed by atoms with Crippen molar-refractivity contribution in [1.29, 1.82) is 0 Å². The van der Waals surface area contributed by atoms with Crippen molar-refractivity contribution >= 4 is 26.7 Å². The lowest BCUT2D eigenvalue weighted by Gasteiger charge is -2.31. The smallest absolute Gasteiger partial charge is 0.0538 e. The van der Waals surface area contributed by atoms with Gasteiger partial charge in [0.25, 0.3) is 0 Å². The maximum Gasteiger partial charge on any atom is 0.0538 e. The van der Waals surface area contributed by atoms with Crippen molar-refractivity contribution in [1.82, 2.24) is 4.90 Å². The summed E-state index contributed by atoms with van der Waals surface area (Å²) < 4.78 is 0. The lowest BCUT2D eigenvalue weighted by molar-refractivity contribution is 0.320. The molecule has 1 aliphatic rings. The van der Waals surface area contributed by atoms with Gasteiger partial charge in [0.2, 0.25) is 0 Å². The predicted octanol–water partition coefficient (Wildman–Crippen LogP) is 4.57. The molecule has 0 aromatic heterocycles. The van der Waals surface area contributed by atoms with E-state index in [9.17, 15) is 0 Å². The number of rotatable bonds is 3. The molecule has 0 spiro atoms. The van der Waals surface area contributed by atoms with Crippen LogP contribution in [-0.2, 0) is 0 Å². The average molecular weight is 327 g/mol. The molecule has 2 aromatic carbocycles. The average Bonchev–Trinajstić information content (AvgIpc) is 2.85. The summed E-state index contributed by atoms with van der Waals surface area (Å²) in [6.45, 7) is 0. The molecule has 1 atom stereocenters. The third-order valence-corrected chi connectivity index (χ3v) is 4.42. The molecule has 1 aliphatic carbocycles. The molecule has 0 bridgehead atoms. The molecule has 0 heterocycles. The van der Waals surface area contributed by atoms with E-state index in [4.69, 9.17) is 0 Å². The third kappa shape index (κ3) is 2.64. The molecule has 1 nitrogen and oxygen atoms in total. The fourth-order valence-corrected chi connectivity index (χ4v) is 3.27. The molecule has 101 valence electrons. The van der Waals surface area contributed by atoms with Crippen molar-refractivity contribution in [3.63, 3.8) is 0 Å². The highest BCUT2D eigenvalue weighted by Gasteiger charge is 2.36. The van der Waals surface area contributed by atoms with Gasteiger partial charge in [-0.15, -0.1) is 0 Å². The first kappa shape index (κ1) is 14.1. The molecule has 0 amide bonds. The fourth-order valence-electron chi connectivity index (χ4n) is 2.77. The van der Waals surface area contributed by atoms with Gasteiger partial charge in [-0.1, -0.05) is 52.3 Å². The maximum absolute atomic E-state index is 3.66. The Bertz CT molecular complexity index is 593. The summed E-state index contributed by atoms with van der Waals surface area (Å²) in [7, 11) is 4.25. The van der Waals surface area contributed by atoms with Crippen LogP contribution in [0.1, 0.15) is 11.6 Å². The summed E-state index contributed by atoms with van der Waals surface area (Å²) in [5.74, 6) is 1.31. The van der Waals surface area contributed by atoms with Crippen molar-refractivity contribution in [3.05, 3.63) is 78.0 Å². The van der Waals surface area contributed by atoms with E-state index in [-0.39, 0.29) is 6.04 Å². The van der Waals surface area contributed by atoms with E-state index in [0.29, 0.717) is 0 Å². The summed E-state index contributed by atoms with van der Waals surface area (Å²) >= 11 is 3.66. The highest BCUT2D eigenvalue weighted by Crippen LogP contribution is 2.47. The largest absolute Gasteiger partial charge is 0.302 e. The van der Waals surface area contributed by atoms with E-state index in [1.54, 1.807) is 0 Å². The zero-order valence-electron chi connectivity index (χ0n) is 11.7. The quantitative estimate of drug-likeness (QED) is 0.798. The monoisotopic (exact) mass is 326 g/mol. The molecule has 20 heavy (non-hydrogen) atoms. The second kappa shape index (κ2) is 5.87. The van der Waals surface area contributed by atoms with Gasteiger partial charge in [0.15, 0.2) is 0 Å². The molecule has 0 N–H and O–H groups in total. The van der Waals surface area contributed by atoms with Crippen LogP contribution < -0.4 is 0 Å². The van der Waals surface area contributed by atoms with E-state index >= 15 is 0 Å². The fraction of sp³-hybridized carbons (Fsp3) is 0.167. The first-order valence-corrected chi connectivity index (χ1v) is 7.52. The minimum absolute atomic E-state index is 0.268. The molecule has 1 fully saturated rings. The lowest BCUT2D eigenvalue weighted by atomic mass is 9.89. The van der Waals surface area contributed by atoms with Crippen LogP contribution in [0.2, 0.25) is 0 Å². The number of nitrogens with zero attached hydrogens (tertiary/aromatic N) is 1. The lowest BCUT2D eigenvalue weighted by Crippen LogP contribution is -2.26. The van der Waals surface area contributed by atoms with Crippen molar-refractivity contribution in [2.45, 2.75) is 6.04 Å². The summed E-state index contributed by atoms with van der Waals surface area (Å²) in [5.41, 5.74) is 1.32. The van der Waals surface area contributed by atoms with Crippen molar-refractivity contribution < 1.29 is 0 Å². The Kier molecular flexibility index (Phi) is 4.13. The summed E-state index contributed by atoms with van der Waals surface area (Å²) in [5, 5.41) is 2.58. The van der Waals surface area contributed by atoms with Gasteiger partial charge in [0.1, 0.15) is 0 Å². The molecule has 0 saturated heterocycles. The van der Waals surface area contributed by atoms with Crippen LogP contribution in [0.5, 0.6) is 0 Å². The minimum atomic E-state index is 0.268. The van der Waals surface area contributed by atoms with Crippen molar-refractivity contribution in [2.75, 3.05) is 14.1 Å². The Balaban J connectivity index is 2.00. The maximum atomic E-state index is 3.66. The second-order valence-electron chi connectivity index (χ2n) is 5.30. The highest BCUT2D eigenvalue weighted by molar-refractivity contribution is 9.11. The molecule has 5 radical (unpaired) electrons. The highest BCUT2D eigenvalue weighted by atomic mass is 79.9. The number of hydrogen-bond donors (Lipinski definition) is 0. The van der Waals surface area contributed by atoms with Gasteiger partial charge in [-0.2, -0.15) is 0 Å². The Labute approximate surface area is 130 Å². The van der Waals surface area contributed by atoms with Crippen LogP contribution in [0.25, 0.3) is 10.8 Å². The minimum Gasteiger partial charge on any atom is -0.302 e. The first-order chi connectivity index (χ1) is 9.66. The van der Waals surface area contributed by atoms with Crippen molar-refractivity contribution in [3.8, 4) is 0 Å². The van der Waals surface area contributed by atoms with E-state index in [2.05, 4.69) is 96.7 Å². The molecule has 3 rings (SSSR count). The first-order valence-electron chi connectivity index (χ1n) is 6.73. The zero-order chi connectivity index (χ0) is 14.1. The number of benzene rings is 2. The van der Waals surface area contributed by atoms with Gasteiger partial charge in [-0.3, -0.25) is 0 Å². The number of halogens is 1. The summed E-state index contributed by atoms with van der Waals surface area (Å²) in [6.07, 6.45) is 6.38. The normalized spacial score (nSPS) is 19.0. The molecule has 0 aliphatic heterocycles. The van der Waals surface area contributed by atoms with E-state index in [0.717, 1.165) is 0 Å². The van der Waals surface area contributed by atoms with Gasteiger partial charge in [0.05, 0.1) is 4.83 Å². The van der Waals surface area contributed by atoms with Crippen LogP contribution in [-0.4, -0.2) is 19.0 Å². The van der Waals surface area contributed by atoms with E-state index in [1.807, 2.05) is 0 Å². The SMILES string of the molecule is CN(C)[C@@H]([C]1[CH][CH][CH][C]1Br)c1ccc2ccccc2c1. The van der Waals surface area contributed by atoms with Gasteiger partial charge < -0.3 is 4.90 Å². The standard InChI is InChI=1S/C18H17BrN/c1-20(2)18(16-8-5-9-17(16)19)15-11-10-13-6-3-4-7-14(13)12-15/h3-12,18H,1-2H3/t18-/m1/s1. The predicted molar refractivity (Wildman–Crippen MR) is 88.7 cm³/mol.